The Morgan fingerprint density at radius 3 is 2.94 bits per heavy atom. The van der Waals surface area contributed by atoms with Crippen LogP contribution in [0.5, 0.6) is 0 Å². The lowest BCUT2D eigenvalue weighted by Crippen LogP contribution is -2.24. The zero-order chi connectivity index (χ0) is 11.0. The van der Waals surface area contributed by atoms with Crippen molar-refractivity contribution < 1.29 is 0 Å². The molecule has 3 heteroatoms. The first-order chi connectivity index (χ1) is 7.84. The molecule has 0 N–H and O–H groups in total. The van der Waals surface area contributed by atoms with E-state index in [-0.39, 0.29) is 0 Å². The van der Waals surface area contributed by atoms with E-state index in [4.69, 9.17) is 0 Å². The zero-order valence-corrected chi connectivity index (χ0v) is 9.95. The van der Waals surface area contributed by atoms with Gasteiger partial charge in [0, 0.05) is 24.3 Å². The fourth-order valence-corrected chi connectivity index (χ4v) is 2.90. The van der Waals surface area contributed by atoms with Gasteiger partial charge in [-0.2, -0.15) is 0 Å². The lowest BCUT2D eigenvalue weighted by molar-refractivity contribution is 0.649. The third-order valence-corrected chi connectivity index (χ3v) is 3.83. The van der Waals surface area contributed by atoms with Gasteiger partial charge in [0.05, 0.1) is 0 Å². The molecule has 3 nitrogen and oxygen atoms in total. The fraction of sp³-hybridized carbons (Fsp3) is 0.692. The van der Waals surface area contributed by atoms with Gasteiger partial charge in [0.15, 0.2) is 0 Å². The molecule has 1 saturated heterocycles. The largest absolute Gasteiger partial charge is 0.356 e. The number of rotatable bonds is 1. The summed E-state index contributed by atoms with van der Waals surface area (Å²) in [5.74, 6) is 2.04. The minimum Gasteiger partial charge on any atom is -0.356 e. The number of hydrogen-bond donors (Lipinski definition) is 0. The maximum atomic E-state index is 4.52. The predicted octanol–water partition coefficient (Wildman–Crippen LogP) is 2.20. The van der Waals surface area contributed by atoms with Crippen LogP contribution in [0, 0.1) is 5.92 Å². The molecule has 2 heterocycles. The highest BCUT2D eigenvalue weighted by molar-refractivity contribution is 5.50. The summed E-state index contributed by atoms with van der Waals surface area (Å²) in [6.45, 7) is 4.67. The van der Waals surface area contributed by atoms with Crippen LogP contribution < -0.4 is 4.90 Å². The van der Waals surface area contributed by atoms with Gasteiger partial charge in [-0.3, -0.25) is 0 Å². The molecule has 0 aromatic carbocycles. The van der Waals surface area contributed by atoms with Gasteiger partial charge in [-0.15, -0.1) is 0 Å². The van der Waals surface area contributed by atoms with Crippen LogP contribution in [-0.2, 0) is 12.8 Å². The third-order valence-electron chi connectivity index (χ3n) is 3.83. The molecule has 0 bridgehead atoms. The van der Waals surface area contributed by atoms with Crippen LogP contribution in [0.4, 0.5) is 5.82 Å². The number of hydrogen-bond acceptors (Lipinski definition) is 3. The number of aryl methyl sites for hydroxylation is 1. The SMILES string of the molecule is CC1CCN(c2ncnc3c2CCCC3)C1. The van der Waals surface area contributed by atoms with E-state index in [0.717, 1.165) is 12.3 Å². The molecule has 1 fully saturated rings. The van der Waals surface area contributed by atoms with Crippen LogP contribution in [0.25, 0.3) is 0 Å². The number of nitrogens with zero attached hydrogens (tertiary/aromatic N) is 3. The molecule has 1 unspecified atom stereocenters. The molecule has 1 atom stereocenters. The maximum absolute atomic E-state index is 4.52. The van der Waals surface area contributed by atoms with Crippen molar-refractivity contribution in [3.05, 3.63) is 17.6 Å². The molecule has 0 saturated carbocycles. The van der Waals surface area contributed by atoms with Gasteiger partial charge in [-0.25, -0.2) is 9.97 Å². The Morgan fingerprint density at radius 2 is 2.12 bits per heavy atom. The van der Waals surface area contributed by atoms with Crippen molar-refractivity contribution in [1.29, 1.82) is 0 Å². The number of fused-ring (bicyclic) bond motifs is 1. The summed E-state index contributed by atoms with van der Waals surface area (Å²) in [6, 6.07) is 0. The zero-order valence-electron chi connectivity index (χ0n) is 9.95. The molecule has 2 aliphatic rings. The predicted molar refractivity (Wildman–Crippen MR) is 64.7 cm³/mol. The van der Waals surface area contributed by atoms with Crippen LogP contribution >= 0.6 is 0 Å². The molecular formula is C13H19N3. The van der Waals surface area contributed by atoms with Gasteiger partial charge in [0.1, 0.15) is 12.1 Å². The Morgan fingerprint density at radius 1 is 1.25 bits per heavy atom. The van der Waals surface area contributed by atoms with Gasteiger partial charge in [-0.05, 0) is 38.0 Å². The number of anilines is 1. The van der Waals surface area contributed by atoms with Crippen LogP contribution in [0.15, 0.2) is 6.33 Å². The van der Waals surface area contributed by atoms with Crippen molar-refractivity contribution in [2.75, 3.05) is 18.0 Å². The van der Waals surface area contributed by atoms with Crippen molar-refractivity contribution in [2.24, 2.45) is 5.92 Å². The summed E-state index contributed by atoms with van der Waals surface area (Å²) in [5.41, 5.74) is 2.73. The lowest BCUT2D eigenvalue weighted by Gasteiger charge is -2.24. The van der Waals surface area contributed by atoms with Gasteiger partial charge in [0.25, 0.3) is 0 Å². The maximum Gasteiger partial charge on any atom is 0.135 e. The molecule has 0 amide bonds. The topological polar surface area (TPSA) is 29.0 Å². The third kappa shape index (κ3) is 1.68. The summed E-state index contributed by atoms with van der Waals surface area (Å²) in [4.78, 5) is 11.4. The summed E-state index contributed by atoms with van der Waals surface area (Å²) < 4.78 is 0. The van der Waals surface area contributed by atoms with E-state index in [9.17, 15) is 0 Å². The average Bonchev–Trinajstić information content (AvgIpc) is 2.75. The molecule has 1 aliphatic heterocycles. The van der Waals surface area contributed by atoms with E-state index in [1.807, 2.05) is 0 Å². The van der Waals surface area contributed by atoms with Gasteiger partial charge >= 0.3 is 0 Å². The lowest BCUT2D eigenvalue weighted by atomic mass is 9.96. The minimum atomic E-state index is 0.814. The molecular weight excluding hydrogens is 198 g/mol. The Balaban J connectivity index is 1.94. The Hall–Kier alpha value is -1.12. The van der Waals surface area contributed by atoms with Crippen LogP contribution in [0.1, 0.15) is 37.4 Å². The van der Waals surface area contributed by atoms with Crippen molar-refractivity contribution in [3.63, 3.8) is 0 Å². The van der Waals surface area contributed by atoms with Crippen molar-refractivity contribution in [1.82, 2.24) is 9.97 Å². The fourth-order valence-electron chi connectivity index (χ4n) is 2.90. The normalized spacial score (nSPS) is 24.6. The first-order valence-corrected chi connectivity index (χ1v) is 6.42. The van der Waals surface area contributed by atoms with E-state index in [0.29, 0.717) is 0 Å². The Bertz CT molecular complexity index is 389. The molecule has 1 aromatic rings. The highest BCUT2D eigenvalue weighted by Gasteiger charge is 2.24. The van der Waals surface area contributed by atoms with E-state index < -0.39 is 0 Å². The second-order valence-electron chi connectivity index (χ2n) is 5.17. The van der Waals surface area contributed by atoms with Crippen molar-refractivity contribution in [2.45, 2.75) is 39.0 Å². The molecule has 0 spiro atoms. The average molecular weight is 217 g/mol. The molecule has 86 valence electrons. The van der Waals surface area contributed by atoms with Crippen LogP contribution in [0.3, 0.4) is 0 Å². The molecule has 0 radical (unpaired) electrons. The molecule has 1 aromatic heterocycles. The quantitative estimate of drug-likeness (QED) is 0.722. The summed E-state index contributed by atoms with van der Waals surface area (Å²) in [7, 11) is 0. The van der Waals surface area contributed by atoms with Crippen LogP contribution in [0.2, 0.25) is 0 Å². The van der Waals surface area contributed by atoms with E-state index in [1.165, 1.54) is 55.8 Å². The van der Waals surface area contributed by atoms with Crippen molar-refractivity contribution in [3.8, 4) is 0 Å². The van der Waals surface area contributed by atoms with E-state index in [2.05, 4.69) is 21.8 Å². The molecule has 1 aliphatic carbocycles. The second kappa shape index (κ2) is 4.04. The van der Waals surface area contributed by atoms with E-state index >= 15 is 0 Å². The van der Waals surface area contributed by atoms with Crippen LogP contribution in [-0.4, -0.2) is 23.1 Å². The monoisotopic (exact) mass is 217 g/mol. The van der Waals surface area contributed by atoms with E-state index in [1.54, 1.807) is 6.33 Å². The van der Waals surface area contributed by atoms with Gasteiger partial charge in [0.2, 0.25) is 0 Å². The van der Waals surface area contributed by atoms with Crippen molar-refractivity contribution >= 4 is 5.82 Å². The Kier molecular flexibility index (Phi) is 2.54. The minimum absolute atomic E-state index is 0.814. The summed E-state index contributed by atoms with van der Waals surface area (Å²) >= 11 is 0. The first kappa shape index (κ1) is 10.1. The summed E-state index contributed by atoms with van der Waals surface area (Å²) in [6.07, 6.45) is 7.97. The standard InChI is InChI=1S/C13H19N3/c1-10-6-7-16(8-10)13-11-4-2-3-5-12(11)14-9-15-13/h9-10H,2-8H2,1H3. The summed E-state index contributed by atoms with van der Waals surface area (Å²) in [5, 5.41) is 0. The smallest absolute Gasteiger partial charge is 0.135 e. The Labute approximate surface area is 96.9 Å². The second-order valence-corrected chi connectivity index (χ2v) is 5.17. The number of aromatic nitrogens is 2. The molecule has 16 heavy (non-hydrogen) atoms. The van der Waals surface area contributed by atoms with Gasteiger partial charge < -0.3 is 4.90 Å². The first-order valence-electron chi connectivity index (χ1n) is 6.42. The highest BCUT2D eigenvalue weighted by atomic mass is 15.2. The van der Waals surface area contributed by atoms with Gasteiger partial charge in [-0.1, -0.05) is 6.92 Å². The highest BCUT2D eigenvalue weighted by Crippen LogP contribution is 2.30. The molecule has 3 rings (SSSR count).